The van der Waals surface area contributed by atoms with E-state index in [2.05, 4.69) is 31.9 Å². The highest BCUT2D eigenvalue weighted by atomic mass is 35.5. The van der Waals surface area contributed by atoms with Crippen LogP contribution in [0.5, 0.6) is 5.75 Å². The second-order valence-corrected chi connectivity index (χ2v) is 15.8. The van der Waals surface area contributed by atoms with Gasteiger partial charge in [0.2, 0.25) is 10.0 Å². The van der Waals surface area contributed by atoms with Crippen LogP contribution in [0.3, 0.4) is 0 Å². The monoisotopic (exact) mass is 679 g/mol. The number of halogens is 1. The molecule has 7 rings (SSSR count). The molecule has 0 radical (unpaired) electrons. The SMILES string of the molecule is Cn1cnc(CO[C@H]2/C=C/C[C@H]3CCC3S(=O)(=O)NC(=O)c3ccc4c(c3)N(CCCCc3cc(Cl)ccc3CO4)C[C@@H]3CC[C@H]32)n1. The van der Waals surface area contributed by atoms with Gasteiger partial charge in [0.25, 0.3) is 5.91 Å². The van der Waals surface area contributed by atoms with E-state index in [1.807, 2.05) is 25.2 Å². The maximum atomic E-state index is 13.5. The molecule has 4 aliphatic rings. The number of carbonyl (C=O) groups is 1. The molecular formula is C35H42ClN5O5S. The lowest BCUT2D eigenvalue weighted by molar-refractivity contribution is -0.0247. The van der Waals surface area contributed by atoms with Gasteiger partial charge in [0, 0.05) is 30.7 Å². The number of ether oxygens (including phenoxy) is 2. The molecule has 1 aromatic heterocycles. The van der Waals surface area contributed by atoms with E-state index in [-0.39, 0.29) is 17.9 Å². The van der Waals surface area contributed by atoms with Crippen molar-refractivity contribution in [3.05, 3.63) is 82.4 Å². The van der Waals surface area contributed by atoms with Crippen LogP contribution in [0.4, 0.5) is 5.69 Å². The lowest BCUT2D eigenvalue weighted by atomic mass is 9.70. The van der Waals surface area contributed by atoms with Crippen LogP contribution in [0, 0.1) is 17.8 Å². The number of rotatable bonds is 3. The summed E-state index contributed by atoms with van der Waals surface area (Å²) in [6, 6.07) is 11.2. The van der Waals surface area contributed by atoms with Crippen LogP contribution in [-0.2, 0) is 41.4 Å². The fourth-order valence-corrected chi connectivity index (χ4v) is 9.35. The number of hydrogen-bond donors (Lipinski definition) is 1. The quantitative estimate of drug-likeness (QED) is 0.356. The molecule has 3 heterocycles. The van der Waals surface area contributed by atoms with Crippen molar-refractivity contribution in [2.75, 3.05) is 18.0 Å². The van der Waals surface area contributed by atoms with E-state index in [0.29, 0.717) is 54.1 Å². The molecular weight excluding hydrogens is 638 g/mol. The first kappa shape index (κ1) is 32.2. The number of sulfonamides is 1. The highest BCUT2D eigenvalue weighted by Gasteiger charge is 2.42. The number of aromatic nitrogens is 3. The van der Waals surface area contributed by atoms with E-state index < -0.39 is 21.2 Å². The molecule has 3 aromatic rings. The minimum atomic E-state index is -3.85. The molecule has 0 spiro atoms. The average Bonchev–Trinajstić information content (AvgIpc) is 3.42. The molecule has 0 saturated heterocycles. The largest absolute Gasteiger partial charge is 0.487 e. The van der Waals surface area contributed by atoms with Gasteiger partial charge in [0.05, 0.1) is 17.0 Å². The lowest BCUT2D eigenvalue weighted by Gasteiger charge is -2.44. The van der Waals surface area contributed by atoms with Gasteiger partial charge < -0.3 is 14.4 Å². The van der Waals surface area contributed by atoms with Crippen LogP contribution in [0.1, 0.15) is 72.3 Å². The molecule has 2 aliphatic heterocycles. The van der Waals surface area contributed by atoms with Gasteiger partial charge >= 0.3 is 0 Å². The Hall–Kier alpha value is -3.41. The predicted octanol–water partition coefficient (Wildman–Crippen LogP) is 5.60. The number of allylic oxidation sites excluding steroid dienone is 1. The number of hydrogen-bond acceptors (Lipinski definition) is 8. The van der Waals surface area contributed by atoms with Crippen LogP contribution in [0.15, 0.2) is 54.9 Å². The van der Waals surface area contributed by atoms with E-state index in [4.69, 9.17) is 21.1 Å². The second kappa shape index (κ2) is 13.6. The van der Waals surface area contributed by atoms with Gasteiger partial charge in [-0.15, -0.1) is 0 Å². The first-order valence-corrected chi connectivity index (χ1v) is 18.6. The standard InChI is InChI=1S/C35H42ClN5O5S/c1-40-22-37-34(38-40)21-46-31-7-4-6-23-11-15-33(23)47(43,44)39-35(42)25-10-14-32-30(18-25)41(19-26-9-13-29(26)31)16-3-2-5-24-17-28(36)12-8-27(24)20-45-32/h4,7-8,10,12,14,17-18,22-23,26,29,31,33H,2-3,5-6,9,11,13,15-16,19-21H2,1H3,(H,39,42)/b7-4+/t23-,26-,29+,31-,33?/m0/s1. The number of fused-ring (bicyclic) bond motifs is 4. The topological polar surface area (TPSA) is 116 Å². The molecule has 47 heavy (non-hydrogen) atoms. The van der Waals surface area contributed by atoms with Crippen molar-refractivity contribution in [1.29, 1.82) is 0 Å². The first-order chi connectivity index (χ1) is 22.7. The number of nitrogens with zero attached hydrogens (tertiary/aromatic N) is 4. The molecule has 1 amide bonds. The number of benzene rings is 2. The minimum Gasteiger partial charge on any atom is -0.487 e. The van der Waals surface area contributed by atoms with Crippen molar-refractivity contribution in [2.45, 2.75) is 75.9 Å². The lowest BCUT2D eigenvalue weighted by Crippen LogP contribution is -2.47. The van der Waals surface area contributed by atoms with Gasteiger partial charge in [-0.05, 0) is 111 Å². The maximum Gasteiger partial charge on any atom is 0.264 e. The summed E-state index contributed by atoms with van der Waals surface area (Å²) in [7, 11) is -2.01. The summed E-state index contributed by atoms with van der Waals surface area (Å²) in [5.74, 6) is 1.29. The Morgan fingerprint density at radius 2 is 1.94 bits per heavy atom. The van der Waals surface area contributed by atoms with E-state index >= 15 is 0 Å². The molecule has 2 fully saturated rings. The Kier molecular flexibility index (Phi) is 9.31. The third kappa shape index (κ3) is 7.07. The van der Waals surface area contributed by atoms with Crippen LogP contribution >= 0.6 is 11.6 Å². The fourth-order valence-electron chi connectivity index (χ4n) is 7.43. The number of amides is 1. The molecule has 1 N–H and O–H groups in total. The average molecular weight is 680 g/mol. The highest BCUT2D eigenvalue weighted by molar-refractivity contribution is 7.90. The summed E-state index contributed by atoms with van der Waals surface area (Å²) in [5.41, 5.74) is 3.37. The van der Waals surface area contributed by atoms with Gasteiger partial charge in [0.1, 0.15) is 25.3 Å². The van der Waals surface area contributed by atoms with Crippen molar-refractivity contribution in [1.82, 2.24) is 19.5 Å². The summed E-state index contributed by atoms with van der Waals surface area (Å²) in [6.07, 6.45) is 12.6. The third-order valence-electron chi connectivity index (χ3n) is 10.4. The van der Waals surface area contributed by atoms with Crippen molar-refractivity contribution >= 4 is 33.2 Å². The van der Waals surface area contributed by atoms with Crippen LogP contribution in [-0.4, -0.2) is 53.5 Å². The summed E-state index contributed by atoms with van der Waals surface area (Å²) < 4.78 is 43.9. The van der Waals surface area contributed by atoms with Gasteiger partial charge in [-0.25, -0.2) is 18.1 Å². The Morgan fingerprint density at radius 1 is 1.06 bits per heavy atom. The zero-order valence-corrected chi connectivity index (χ0v) is 28.3. The predicted molar refractivity (Wildman–Crippen MR) is 180 cm³/mol. The summed E-state index contributed by atoms with van der Waals surface area (Å²) in [4.78, 5) is 20.2. The molecule has 2 aromatic carbocycles. The fraction of sp³-hybridized carbons (Fsp3) is 0.514. The van der Waals surface area contributed by atoms with Gasteiger partial charge in [-0.2, -0.15) is 5.10 Å². The van der Waals surface area contributed by atoms with Crippen LogP contribution in [0.2, 0.25) is 5.02 Å². The molecule has 2 aliphatic carbocycles. The molecule has 5 atom stereocenters. The van der Waals surface area contributed by atoms with E-state index in [1.165, 1.54) is 5.56 Å². The minimum absolute atomic E-state index is 0.0474. The van der Waals surface area contributed by atoms with E-state index in [0.717, 1.165) is 62.9 Å². The Bertz CT molecular complexity index is 1760. The molecule has 1 unspecified atom stereocenters. The van der Waals surface area contributed by atoms with Gasteiger partial charge in [-0.1, -0.05) is 29.8 Å². The molecule has 2 bridgehead atoms. The highest BCUT2D eigenvalue weighted by Crippen LogP contribution is 2.43. The Balaban J connectivity index is 1.23. The van der Waals surface area contributed by atoms with Crippen LogP contribution < -0.4 is 14.4 Å². The number of anilines is 1. The zero-order chi connectivity index (χ0) is 32.5. The summed E-state index contributed by atoms with van der Waals surface area (Å²) >= 11 is 6.35. The molecule has 10 nitrogen and oxygen atoms in total. The zero-order valence-electron chi connectivity index (χ0n) is 26.7. The number of carbonyl (C=O) groups excluding carboxylic acids is 1. The molecule has 250 valence electrons. The van der Waals surface area contributed by atoms with Crippen molar-refractivity contribution < 1.29 is 22.7 Å². The Labute approximate surface area is 281 Å². The molecule has 2 saturated carbocycles. The van der Waals surface area contributed by atoms with Crippen molar-refractivity contribution in [3.63, 3.8) is 0 Å². The van der Waals surface area contributed by atoms with E-state index in [1.54, 1.807) is 29.2 Å². The number of aryl methyl sites for hydroxylation is 2. The third-order valence-corrected chi connectivity index (χ3v) is 12.5. The van der Waals surface area contributed by atoms with Crippen molar-refractivity contribution in [3.8, 4) is 5.75 Å². The van der Waals surface area contributed by atoms with Gasteiger partial charge in [-0.3, -0.25) is 9.48 Å². The molecule has 12 heteroatoms. The first-order valence-electron chi connectivity index (χ1n) is 16.7. The van der Waals surface area contributed by atoms with Crippen LogP contribution in [0.25, 0.3) is 0 Å². The number of nitrogens with one attached hydrogen (secondary N) is 1. The van der Waals surface area contributed by atoms with Gasteiger partial charge in [0.15, 0.2) is 5.82 Å². The van der Waals surface area contributed by atoms with Crippen molar-refractivity contribution in [2.24, 2.45) is 24.8 Å². The van der Waals surface area contributed by atoms with E-state index in [9.17, 15) is 13.2 Å². The second-order valence-electron chi connectivity index (χ2n) is 13.4. The smallest absolute Gasteiger partial charge is 0.264 e. The maximum absolute atomic E-state index is 13.5. The normalized spacial score (nSPS) is 28.1. The Morgan fingerprint density at radius 3 is 2.70 bits per heavy atom. The summed E-state index contributed by atoms with van der Waals surface area (Å²) in [6.45, 7) is 2.20. The summed E-state index contributed by atoms with van der Waals surface area (Å²) in [5, 5.41) is 4.51.